The van der Waals surface area contributed by atoms with Gasteiger partial charge in [-0.1, -0.05) is 87.7 Å². The van der Waals surface area contributed by atoms with Crippen molar-refractivity contribution < 1.29 is 28.8 Å². The third-order valence-corrected chi connectivity index (χ3v) is 10.4. The maximum absolute atomic E-state index is 10.4. The van der Waals surface area contributed by atoms with Gasteiger partial charge in [0.15, 0.2) is 12.6 Å². The number of ether oxygens (including phenoxy) is 5. The molecule has 8 atom stereocenters. The van der Waals surface area contributed by atoms with Crippen LogP contribution in [0.4, 0.5) is 0 Å². The molecule has 2 aliphatic carbocycles. The Morgan fingerprint density at radius 1 is 1.02 bits per heavy atom. The van der Waals surface area contributed by atoms with Crippen LogP contribution in [0.2, 0.25) is 0 Å². The first kappa shape index (κ1) is 33.8. The van der Waals surface area contributed by atoms with Gasteiger partial charge in [0.25, 0.3) is 0 Å². The van der Waals surface area contributed by atoms with Gasteiger partial charge >= 0.3 is 0 Å². The Morgan fingerprint density at radius 2 is 1.77 bits per heavy atom. The molecule has 0 aromatic heterocycles. The van der Waals surface area contributed by atoms with Crippen LogP contribution in [0.25, 0.3) is 0 Å². The molecule has 2 heterocycles. The predicted octanol–water partition coefficient (Wildman–Crippen LogP) is 7.99. The molecule has 1 aromatic carbocycles. The van der Waals surface area contributed by atoms with Crippen molar-refractivity contribution in [2.45, 2.75) is 123 Å². The highest BCUT2D eigenvalue weighted by Crippen LogP contribution is 2.50. The van der Waals surface area contributed by atoms with Crippen LogP contribution in [0.3, 0.4) is 0 Å². The summed E-state index contributed by atoms with van der Waals surface area (Å²) >= 11 is 0. The van der Waals surface area contributed by atoms with E-state index in [1.54, 1.807) is 0 Å². The molecule has 1 N–H and O–H groups in total. The number of hydrogen-bond donors (Lipinski definition) is 1. The fourth-order valence-electron chi connectivity index (χ4n) is 7.63. The Bertz CT molecular complexity index is 1030. The molecule has 3 unspecified atom stereocenters. The van der Waals surface area contributed by atoms with Crippen molar-refractivity contribution in [1.29, 1.82) is 0 Å². The van der Waals surface area contributed by atoms with Gasteiger partial charge in [0.05, 0.1) is 32.0 Å². The Kier molecular flexibility index (Phi) is 13.0. The average molecular weight is 611 g/mol. The standard InChI is InChI=1S/C38H58O6/c1-4-5-19-38(2,3)35(44-37-16-10-12-21-42-37)18-17-32-33-23-29(31(25-39)27-40-26-28-13-7-6-8-14-28)22-30(33)24-34(32)43-36-15-9-11-20-41-36/h6-8,13-14,17-18,22,30-37,39H,4-5,9-12,15-16,19-21,23-27H2,1-3H3/b18-17+/t30-,31?,32+,33-,34+,35+,36?,37?/m0/s1. The van der Waals surface area contributed by atoms with Crippen molar-refractivity contribution in [1.82, 2.24) is 0 Å². The first-order valence-electron chi connectivity index (χ1n) is 17.6. The molecule has 2 aliphatic heterocycles. The van der Waals surface area contributed by atoms with Crippen LogP contribution >= 0.6 is 0 Å². The van der Waals surface area contributed by atoms with Crippen molar-refractivity contribution >= 4 is 0 Å². The van der Waals surface area contributed by atoms with Crippen molar-refractivity contribution in [2.24, 2.45) is 29.1 Å². The van der Waals surface area contributed by atoms with Gasteiger partial charge in [-0.15, -0.1) is 0 Å². The summed E-state index contributed by atoms with van der Waals surface area (Å²) < 4.78 is 31.6. The number of hydrogen-bond acceptors (Lipinski definition) is 6. The van der Waals surface area contributed by atoms with E-state index >= 15 is 0 Å². The molecule has 1 saturated carbocycles. The van der Waals surface area contributed by atoms with Crippen molar-refractivity contribution in [3.63, 3.8) is 0 Å². The van der Waals surface area contributed by atoms with E-state index in [1.807, 2.05) is 18.2 Å². The third kappa shape index (κ3) is 9.27. The number of allylic oxidation sites excluding steroid dienone is 1. The number of aliphatic hydroxyl groups is 1. The van der Waals surface area contributed by atoms with Crippen LogP contribution in [0.15, 0.2) is 54.1 Å². The topological polar surface area (TPSA) is 66.4 Å². The van der Waals surface area contributed by atoms with Gasteiger partial charge in [0, 0.05) is 25.0 Å². The van der Waals surface area contributed by atoms with E-state index in [0.717, 1.165) is 70.1 Å². The Morgan fingerprint density at radius 3 is 2.45 bits per heavy atom. The van der Waals surface area contributed by atoms with Crippen molar-refractivity contribution in [2.75, 3.05) is 26.4 Å². The molecule has 3 fully saturated rings. The first-order valence-corrected chi connectivity index (χ1v) is 17.6. The molecule has 1 aromatic rings. The van der Waals surface area contributed by atoms with Crippen LogP contribution in [0.5, 0.6) is 0 Å². The lowest BCUT2D eigenvalue weighted by Gasteiger charge is -2.37. The summed E-state index contributed by atoms with van der Waals surface area (Å²) in [5, 5.41) is 10.4. The molecule has 0 radical (unpaired) electrons. The zero-order valence-corrected chi connectivity index (χ0v) is 27.5. The lowest BCUT2D eigenvalue weighted by molar-refractivity contribution is -0.198. The van der Waals surface area contributed by atoms with Gasteiger partial charge in [-0.25, -0.2) is 0 Å². The number of rotatable bonds is 16. The van der Waals surface area contributed by atoms with E-state index < -0.39 is 0 Å². The van der Waals surface area contributed by atoms with Gasteiger partial charge in [0.2, 0.25) is 0 Å². The van der Waals surface area contributed by atoms with E-state index in [2.05, 4.69) is 51.1 Å². The Hall–Kier alpha value is -1.54. The maximum atomic E-state index is 10.4. The normalized spacial score (nSPS) is 30.8. The molecule has 6 heteroatoms. The summed E-state index contributed by atoms with van der Waals surface area (Å²) in [6.07, 6.45) is 19.0. The quantitative estimate of drug-likeness (QED) is 0.191. The summed E-state index contributed by atoms with van der Waals surface area (Å²) in [6, 6.07) is 10.3. The van der Waals surface area contributed by atoms with E-state index in [9.17, 15) is 5.11 Å². The summed E-state index contributed by atoms with van der Waals surface area (Å²) in [6.45, 7) is 9.75. The second kappa shape index (κ2) is 16.9. The van der Waals surface area contributed by atoms with Gasteiger partial charge in [-0.3, -0.25) is 0 Å². The van der Waals surface area contributed by atoms with E-state index in [1.165, 1.54) is 24.8 Å². The van der Waals surface area contributed by atoms with E-state index in [0.29, 0.717) is 25.0 Å². The molecule has 246 valence electrons. The summed E-state index contributed by atoms with van der Waals surface area (Å²) in [4.78, 5) is 0. The lowest BCUT2D eigenvalue weighted by atomic mass is 9.80. The molecule has 4 aliphatic rings. The minimum atomic E-state index is -0.126. The van der Waals surface area contributed by atoms with Gasteiger partial charge < -0.3 is 28.8 Å². The van der Waals surface area contributed by atoms with Gasteiger partial charge in [0.1, 0.15) is 0 Å². The van der Waals surface area contributed by atoms with E-state index in [4.69, 9.17) is 23.7 Å². The number of aliphatic hydroxyl groups excluding tert-OH is 1. The number of fused-ring (bicyclic) bond motifs is 1. The fraction of sp³-hybridized carbons (Fsp3) is 0.737. The molecule has 2 saturated heterocycles. The molecule has 6 nitrogen and oxygen atoms in total. The first-order chi connectivity index (χ1) is 21.5. The Labute approximate surface area is 266 Å². The number of unbranched alkanes of at least 4 members (excludes halogenated alkanes) is 1. The summed E-state index contributed by atoms with van der Waals surface area (Å²) in [7, 11) is 0. The van der Waals surface area contributed by atoms with E-state index in [-0.39, 0.29) is 48.6 Å². The molecule has 44 heavy (non-hydrogen) atoms. The van der Waals surface area contributed by atoms with Gasteiger partial charge in [-0.05, 0) is 80.6 Å². The average Bonchev–Trinajstić information content (AvgIpc) is 3.59. The summed E-state index contributed by atoms with van der Waals surface area (Å²) in [5.41, 5.74) is 2.51. The molecule has 5 rings (SSSR count). The monoisotopic (exact) mass is 610 g/mol. The highest BCUT2D eigenvalue weighted by atomic mass is 16.7. The van der Waals surface area contributed by atoms with Crippen LogP contribution in [0, 0.1) is 29.1 Å². The molecule has 0 bridgehead atoms. The zero-order valence-electron chi connectivity index (χ0n) is 27.5. The van der Waals surface area contributed by atoms with Crippen LogP contribution < -0.4 is 0 Å². The third-order valence-electron chi connectivity index (χ3n) is 10.4. The predicted molar refractivity (Wildman–Crippen MR) is 174 cm³/mol. The highest BCUT2D eigenvalue weighted by Gasteiger charge is 2.47. The van der Waals surface area contributed by atoms with Crippen LogP contribution in [0.1, 0.15) is 97.0 Å². The second-order valence-electron chi connectivity index (χ2n) is 14.3. The highest BCUT2D eigenvalue weighted by molar-refractivity contribution is 5.23. The smallest absolute Gasteiger partial charge is 0.158 e. The van der Waals surface area contributed by atoms with Crippen molar-refractivity contribution in [3.8, 4) is 0 Å². The fourth-order valence-corrected chi connectivity index (χ4v) is 7.63. The lowest BCUT2D eigenvalue weighted by Crippen LogP contribution is -2.37. The SMILES string of the molecule is CCCCC(C)(C)[C@@H](/C=C/[C@@H]1[C@H]2CC(C(CO)COCc3ccccc3)=C[C@H]2C[C@H]1OC1CCCCO1)OC1CCCCO1. The minimum Gasteiger partial charge on any atom is -0.396 e. The molecular weight excluding hydrogens is 552 g/mol. The molecular formula is C38H58O6. The maximum Gasteiger partial charge on any atom is 0.158 e. The second-order valence-corrected chi connectivity index (χ2v) is 14.3. The Balaban J connectivity index is 1.30. The van der Waals surface area contributed by atoms with Gasteiger partial charge in [-0.2, -0.15) is 0 Å². The largest absolute Gasteiger partial charge is 0.396 e. The van der Waals surface area contributed by atoms with Crippen molar-refractivity contribution in [3.05, 3.63) is 59.7 Å². The molecule has 0 spiro atoms. The zero-order chi connectivity index (χ0) is 30.8. The number of benzene rings is 1. The van der Waals surface area contributed by atoms with Crippen LogP contribution in [-0.2, 0) is 30.3 Å². The minimum absolute atomic E-state index is 0.00528. The summed E-state index contributed by atoms with van der Waals surface area (Å²) in [5.74, 6) is 1.18. The van der Waals surface area contributed by atoms with Crippen LogP contribution in [-0.4, -0.2) is 56.3 Å². The molecule has 0 amide bonds.